The molecule has 1 aliphatic rings. The predicted octanol–water partition coefficient (Wildman–Crippen LogP) is 2.01. The van der Waals surface area contributed by atoms with Crippen LogP contribution in [0.25, 0.3) is 0 Å². The van der Waals surface area contributed by atoms with E-state index in [2.05, 4.69) is 46.8 Å². The van der Waals surface area contributed by atoms with Crippen LogP contribution in [0.3, 0.4) is 0 Å². The molecule has 0 aliphatic carbocycles. The highest BCUT2D eigenvalue weighted by Gasteiger charge is 2.28. The van der Waals surface area contributed by atoms with Crippen molar-refractivity contribution >= 4 is 22.4 Å². The molecule has 0 saturated carbocycles. The number of carbonyl (C=O) groups is 1. The summed E-state index contributed by atoms with van der Waals surface area (Å²) in [5.74, 6) is -0.128. The van der Waals surface area contributed by atoms with Crippen molar-refractivity contribution in [3.63, 3.8) is 0 Å². The van der Waals surface area contributed by atoms with E-state index in [-0.39, 0.29) is 11.9 Å². The Kier molecular flexibility index (Phi) is 4.75. The minimum Gasteiger partial charge on any atom is -0.392 e. The molecule has 0 radical (unpaired) electrons. The number of hydrogen-bond acceptors (Lipinski definition) is 5. The van der Waals surface area contributed by atoms with Gasteiger partial charge in [-0.2, -0.15) is 0 Å². The third-order valence-corrected chi connectivity index (χ3v) is 5.11. The van der Waals surface area contributed by atoms with Crippen molar-refractivity contribution in [3.05, 3.63) is 46.0 Å². The van der Waals surface area contributed by atoms with E-state index in [4.69, 9.17) is 0 Å². The molecule has 1 saturated heterocycles. The summed E-state index contributed by atoms with van der Waals surface area (Å²) >= 11 is 1.51. The number of aromatic nitrogens is 1. The van der Waals surface area contributed by atoms with Crippen LogP contribution in [0.15, 0.2) is 24.3 Å². The van der Waals surface area contributed by atoms with Gasteiger partial charge in [0.1, 0.15) is 0 Å². The Morgan fingerprint density at radius 2 is 2.13 bits per heavy atom. The molecule has 5 nitrogen and oxygen atoms in total. The van der Waals surface area contributed by atoms with Crippen LogP contribution in [0, 0.1) is 13.8 Å². The lowest BCUT2D eigenvalue weighted by Crippen LogP contribution is -2.35. The zero-order chi connectivity index (χ0) is 16.4. The summed E-state index contributed by atoms with van der Waals surface area (Å²) in [6, 6.07) is 8.11. The Hall–Kier alpha value is -1.76. The minimum absolute atomic E-state index is 0.128. The van der Waals surface area contributed by atoms with Crippen LogP contribution < -0.4 is 10.6 Å². The number of aliphatic hydroxyl groups is 1. The molecule has 2 heterocycles. The average molecular weight is 331 g/mol. The summed E-state index contributed by atoms with van der Waals surface area (Å²) in [6.07, 6.45) is 0.827. The monoisotopic (exact) mass is 331 g/mol. The predicted molar refractivity (Wildman–Crippen MR) is 91.9 cm³/mol. The van der Waals surface area contributed by atoms with Crippen LogP contribution in [-0.4, -0.2) is 34.7 Å². The molecule has 1 amide bonds. The van der Waals surface area contributed by atoms with Crippen LogP contribution >= 0.6 is 11.3 Å². The molecule has 2 aromatic rings. The van der Waals surface area contributed by atoms with E-state index in [1.54, 1.807) is 0 Å². The summed E-state index contributed by atoms with van der Waals surface area (Å²) < 4.78 is 0. The van der Waals surface area contributed by atoms with Gasteiger partial charge in [-0.15, -0.1) is 11.3 Å². The van der Waals surface area contributed by atoms with E-state index >= 15 is 0 Å². The number of amides is 1. The maximum atomic E-state index is 12.2. The number of aryl methyl sites for hydroxylation is 2. The summed E-state index contributed by atoms with van der Waals surface area (Å²) in [6.45, 7) is 4.50. The second kappa shape index (κ2) is 6.78. The number of thiazole rings is 1. The third-order valence-electron chi connectivity index (χ3n) is 4.03. The topological polar surface area (TPSA) is 74.2 Å². The molecule has 0 spiro atoms. The number of β-amino-alcohol motifs (C(OH)–C–C–N with tert-alkyl or cyclic N) is 1. The molecule has 1 aliphatic heterocycles. The fourth-order valence-corrected chi connectivity index (χ4v) is 3.65. The van der Waals surface area contributed by atoms with E-state index < -0.39 is 6.10 Å². The number of nitrogens with one attached hydrogen (secondary N) is 2. The molecule has 3 rings (SSSR count). The fourth-order valence-electron chi connectivity index (χ4n) is 2.65. The van der Waals surface area contributed by atoms with Crippen molar-refractivity contribution in [1.82, 2.24) is 10.3 Å². The number of rotatable bonds is 4. The van der Waals surface area contributed by atoms with E-state index in [1.807, 2.05) is 6.92 Å². The first kappa shape index (κ1) is 16.1. The van der Waals surface area contributed by atoms with Gasteiger partial charge in [-0.3, -0.25) is 4.79 Å². The van der Waals surface area contributed by atoms with Crippen molar-refractivity contribution in [2.75, 3.05) is 11.9 Å². The van der Waals surface area contributed by atoms with E-state index in [0.29, 0.717) is 18.1 Å². The van der Waals surface area contributed by atoms with Gasteiger partial charge in [0.2, 0.25) is 5.91 Å². The molecule has 1 aromatic carbocycles. The Bertz CT molecular complexity index is 696. The summed E-state index contributed by atoms with van der Waals surface area (Å²) in [5, 5.41) is 16.0. The molecule has 1 fully saturated rings. The molecular weight excluding hydrogens is 310 g/mol. The number of hydrogen-bond donors (Lipinski definition) is 3. The van der Waals surface area contributed by atoms with Crippen molar-refractivity contribution in [2.24, 2.45) is 0 Å². The van der Waals surface area contributed by atoms with Crippen LogP contribution in [-0.2, 0) is 11.2 Å². The van der Waals surface area contributed by atoms with Crippen LogP contribution in [0.1, 0.15) is 28.1 Å². The van der Waals surface area contributed by atoms with Gasteiger partial charge in [0.25, 0.3) is 0 Å². The zero-order valence-electron chi connectivity index (χ0n) is 13.3. The second-order valence-electron chi connectivity index (χ2n) is 6.03. The summed E-state index contributed by atoms with van der Waals surface area (Å²) in [4.78, 5) is 17.8. The quantitative estimate of drug-likeness (QED) is 0.801. The normalized spacial score (nSPS) is 20.7. The van der Waals surface area contributed by atoms with Crippen LogP contribution in [0.2, 0.25) is 0 Å². The maximum absolute atomic E-state index is 12.2. The molecule has 3 N–H and O–H groups in total. The SMILES string of the molecule is Cc1ccc(Cc2sc(NC(=O)C3CC(O)CN3)nc2C)cc1. The molecule has 2 unspecified atom stereocenters. The average Bonchev–Trinajstić information content (AvgIpc) is 3.08. The van der Waals surface area contributed by atoms with Crippen molar-refractivity contribution in [1.29, 1.82) is 0 Å². The molecule has 122 valence electrons. The van der Waals surface area contributed by atoms with Gasteiger partial charge >= 0.3 is 0 Å². The lowest BCUT2D eigenvalue weighted by atomic mass is 10.1. The van der Waals surface area contributed by atoms with E-state index in [0.717, 1.165) is 17.0 Å². The third kappa shape index (κ3) is 3.96. The smallest absolute Gasteiger partial charge is 0.243 e. The minimum atomic E-state index is -0.444. The maximum Gasteiger partial charge on any atom is 0.243 e. The van der Waals surface area contributed by atoms with E-state index in [1.165, 1.54) is 22.5 Å². The highest BCUT2D eigenvalue weighted by Crippen LogP contribution is 2.25. The van der Waals surface area contributed by atoms with Gasteiger partial charge in [0, 0.05) is 17.8 Å². The van der Waals surface area contributed by atoms with Crippen molar-refractivity contribution in [3.8, 4) is 0 Å². The fraction of sp³-hybridized carbons (Fsp3) is 0.412. The van der Waals surface area contributed by atoms with Gasteiger partial charge in [-0.1, -0.05) is 29.8 Å². The van der Waals surface area contributed by atoms with Crippen LogP contribution in [0.5, 0.6) is 0 Å². The molecule has 1 aromatic heterocycles. The highest BCUT2D eigenvalue weighted by atomic mass is 32.1. The van der Waals surface area contributed by atoms with Gasteiger partial charge in [0.05, 0.1) is 17.8 Å². The van der Waals surface area contributed by atoms with Crippen molar-refractivity contribution in [2.45, 2.75) is 38.8 Å². The van der Waals surface area contributed by atoms with Gasteiger partial charge in [-0.05, 0) is 25.8 Å². The van der Waals surface area contributed by atoms with E-state index in [9.17, 15) is 9.90 Å². The lowest BCUT2D eigenvalue weighted by Gasteiger charge is -2.08. The Labute approximate surface area is 139 Å². The first-order valence-corrected chi connectivity index (χ1v) is 8.57. The highest BCUT2D eigenvalue weighted by molar-refractivity contribution is 7.15. The van der Waals surface area contributed by atoms with Crippen molar-refractivity contribution < 1.29 is 9.90 Å². The standard InChI is InChI=1S/C17H21N3O2S/c1-10-3-5-12(6-4-10)7-15-11(2)19-17(23-15)20-16(22)14-8-13(21)9-18-14/h3-6,13-14,18,21H,7-9H2,1-2H3,(H,19,20,22). The number of anilines is 1. The number of nitrogens with zero attached hydrogens (tertiary/aromatic N) is 1. The molecule has 6 heteroatoms. The van der Waals surface area contributed by atoms with Gasteiger partial charge in [-0.25, -0.2) is 4.98 Å². The number of aliphatic hydroxyl groups excluding tert-OH is 1. The van der Waals surface area contributed by atoms with Gasteiger partial charge < -0.3 is 15.7 Å². The lowest BCUT2D eigenvalue weighted by molar-refractivity contribution is -0.117. The largest absolute Gasteiger partial charge is 0.392 e. The number of carbonyl (C=O) groups excluding carboxylic acids is 1. The summed E-state index contributed by atoms with van der Waals surface area (Å²) in [5.41, 5.74) is 3.43. The molecule has 0 bridgehead atoms. The number of benzene rings is 1. The summed E-state index contributed by atoms with van der Waals surface area (Å²) in [7, 11) is 0. The Morgan fingerprint density at radius 3 is 2.78 bits per heavy atom. The second-order valence-corrected chi connectivity index (χ2v) is 7.11. The molecular formula is C17H21N3O2S. The molecule has 23 heavy (non-hydrogen) atoms. The Morgan fingerprint density at radius 1 is 1.39 bits per heavy atom. The Balaban J connectivity index is 1.66. The van der Waals surface area contributed by atoms with Gasteiger partial charge in [0.15, 0.2) is 5.13 Å². The first-order valence-electron chi connectivity index (χ1n) is 7.75. The van der Waals surface area contributed by atoms with Crippen LogP contribution in [0.4, 0.5) is 5.13 Å². The zero-order valence-corrected chi connectivity index (χ0v) is 14.1. The first-order chi connectivity index (χ1) is 11.0. The molecule has 2 atom stereocenters.